The molecule has 0 aliphatic carbocycles. The highest BCUT2D eigenvalue weighted by Crippen LogP contribution is 2.48. The van der Waals surface area contributed by atoms with Crippen LogP contribution in [0.1, 0.15) is 61.4 Å². The minimum Gasteiger partial charge on any atom is -0.508 e. The van der Waals surface area contributed by atoms with Gasteiger partial charge in [0.2, 0.25) is 0 Å². The Hall–Kier alpha value is -1.77. The number of carbonyl (C=O) groups is 2. The molecule has 2 aromatic carbocycles. The van der Waals surface area contributed by atoms with Gasteiger partial charge in [0, 0.05) is 25.4 Å². The topological polar surface area (TPSA) is 99.1 Å². The highest BCUT2D eigenvalue weighted by atomic mass is 32.2. The number of rotatable bonds is 14. The first kappa shape index (κ1) is 31.4. The molecule has 0 heterocycles. The highest BCUT2D eigenvalue weighted by molar-refractivity contribution is 8.13. The van der Waals surface area contributed by atoms with Gasteiger partial charge in [-0.25, -0.2) is 0 Å². The first-order valence-electron chi connectivity index (χ1n) is 12.1. The Morgan fingerprint density at radius 2 is 1.49 bits per heavy atom. The Kier molecular flexibility index (Phi) is 12.7. The van der Waals surface area contributed by atoms with E-state index in [4.69, 9.17) is 13.8 Å². The largest absolute Gasteiger partial charge is 0.508 e. The lowest BCUT2D eigenvalue weighted by Gasteiger charge is -2.20. The zero-order chi connectivity index (χ0) is 27.6. The molecule has 0 bridgehead atoms. The number of phenols is 1. The zero-order valence-corrected chi connectivity index (χ0v) is 24.9. The van der Waals surface area contributed by atoms with E-state index in [1.54, 1.807) is 6.07 Å². The molecule has 0 spiro atoms. The quantitative estimate of drug-likeness (QED) is 0.194. The Morgan fingerprint density at radius 3 is 1.97 bits per heavy atom. The Labute approximate surface area is 228 Å². The Balaban J connectivity index is 2.11. The van der Waals surface area contributed by atoms with Crippen molar-refractivity contribution in [2.45, 2.75) is 53.9 Å². The van der Waals surface area contributed by atoms with Crippen molar-refractivity contribution in [1.82, 2.24) is 0 Å². The fourth-order valence-electron chi connectivity index (χ4n) is 3.69. The van der Waals surface area contributed by atoms with Gasteiger partial charge < -0.3 is 18.9 Å². The van der Waals surface area contributed by atoms with Crippen LogP contribution >= 0.6 is 31.1 Å². The summed E-state index contributed by atoms with van der Waals surface area (Å²) in [6, 6.07) is 9.52. The van der Waals surface area contributed by atoms with Crippen LogP contribution in [-0.2, 0) is 29.6 Å². The molecule has 0 amide bonds. The third-order valence-corrected chi connectivity index (χ3v) is 8.66. The number of aryl methyl sites for hydroxylation is 2. The lowest BCUT2D eigenvalue weighted by Crippen LogP contribution is -2.10. The van der Waals surface area contributed by atoms with E-state index in [1.165, 1.54) is 13.8 Å². The Morgan fingerprint density at radius 1 is 0.946 bits per heavy atom. The van der Waals surface area contributed by atoms with Crippen LogP contribution in [0.3, 0.4) is 0 Å². The van der Waals surface area contributed by atoms with Crippen molar-refractivity contribution in [2.24, 2.45) is 0 Å². The molecule has 7 nitrogen and oxygen atoms in total. The van der Waals surface area contributed by atoms with Gasteiger partial charge in [-0.3, -0.25) is 14.2 Å². The second-order valence-electron chi connectivity index (χ2n) is 8.99. The van der Waals surface area contributed by atoms with Gasteiger partial charge >= 0.3 is 7.60 Å². The highest BCUT2D eigenvalue weighted by Gasteiger charge is 2.26. The normalized spacial score (nSPS) is 11.6. The van der Waals surface area contributed by atoms with Crippen LogP contribution in [-0.4, -0.2) is 46.4 Å². The lowest BCUT2D eigenvalue weighted by molar-refractivity contribution is -0.109. The van der Waals surface area contributed by atoms with Gasteiger partial charge in [0.05, 0.1) is 13.2 Å². The van der Waals surface area contributed by atoms with Crippen LogP contribution in [0.15, 0.2) is 30.3 Å². The van der Waals surface area contributed by atoms with E-state index in [0.717, 1.165) is 51.3 Å². The zero-order valence-electron chi connectivity index (χ0n) is 22.4. The second kappa shape index (κ2) is 15.0. The molecule has 0 saturated carbocycles. The van der Waals surface area contributed by atoms with Gasteiger partial charge in [0.1, 0.15) is 11.5 Å². The van der Waals surface area contributed by atoms with E-state index in [-0.39, 0.29) is 35.7 Å². The molecular weight excluding hydrogens is 531 g/mol. The van der Waals surface area contributed by atoms with Gasteiger partial charge in [-0.2, -0.15) is 0 Å². The van der Waals surface area contributed by atoms with Crippen LogP contribution in [0.25, 0.3) is 0 Å². The van der Waals surface area contributed by atoms with Crippen LogP contribution in [0.4, 0.5) is 0 Å². The number of phenolic OH excluding ortho intramolecular Hbond substituents is 1. The smallest absolute Gasteiger partial charge is 0.367 e. The minimum atomic E-state index is -3.62. The maximum atomic E-state index is 13.3. The summed E-state index contributed by atoms with van der Waals surface area (Å²) in [6.07, 6.45) is 0.431. The number of ether oxygens (including phenoxy) is 1. The SMILES string of the molecule is CC(=O)SCCOP(=O)(COc1cc(C)c(Cc2ccc(O)c(C(C)C)c2)c(C)c1)OCCSC(C)=O. The lowest BCUT2D eigenvalue weighted by atomic mass is 9.93. The van der Waals surface area contributed by atoms with Crippen LogP contribution in [0, 0.1) is 13.8 Å². The molecule has 10 heteroatoms. The van der Waals surface area contributed by atoms with Gasteiger partial charge in [-0.05, 0) is 72.2 Å². The van der Waals surface area contributed by atoms with E-state index in [0.29, 0.717) is 29.4 Å². The number of aromatic hydroxyl groups is 1. The van der Waals surface area contributed by atoms with E-state index in [9.17, 15) is 19.3 Å². The second-order valence-corrected chi connectivity index (χ2v) is 13.5. The predicted octanol–water partition coefficient (Wildman–Crippen LogP) is 6.85. The third-order valence-electron chi connectivity index (χ3n) is 5.51. The molecule has 1 N–H and O–H groups in total. The average molecular weight is 569 g/mol. The number of thioether (sulfide) groups is 2. The van der Waals surface area contributed by atoms with Crippen LogP contribution in [0.2, 0.25) is 0 Å². The first-order chi connectivity index (χ1) is 17.4. The fraction of sp³-hybridized carbons (Fsp3) is 0.481. The van der Waals surface area contributed by atoms with Crippen molar-refractivity contribution in [1.29, 1.82) is 0 Å². The molecule has 0 aromatic heterocycles. The summed E-state index contributed by atoms with van der Waals surface area (Å²) in [5.41, 5.74) is 5.25. The van der Waals surface area contributed by atoms with Gasteiger partial charge in [-0.15, -0.1) is 0 Å². The van der Waals surface area contributed by atoms with Gasteiger partial charge in [0.15, 0.2) is 16.6 Å². The van der Waals surface area contributed by atoms with Crippen molar-refractivity contribution < 1.29 is 33.0 Å². The number of benzene rings is 2. The molecule has 0 fully saturated rings. The molecule has 0 unspecified atom stereocenters. The molecular formula is C27H37O7PS2. The van der Waals surface area contributed by atoms with Crippen LogP contribution in [0.5, 0.6) is 11.5 Å². The van der Waals surface area contributed by atoms with E-state index in [2.05, 4.69) is 13.8 Å². The molecule has 0 atom stereocenters. The number of hydrogen-bond donors (Lipinski definition) is 1. The summed E-state index contributed by atoms with van der Waals surface area (Å²) in [6.45, 7) is 11.2. The summed E-state index contributed by atoms with van der Waals surface area (Å²) in [5, 5.41) is 10.0. The maximum Gasteiger partial charge on any atom is 0.367 e. The summed E-state index contributed by atoms with van der Waals surface area (Å²) >= 11 is 2.17. The van der Waals surface area contributed by atoms with Crippen molar-refractivity contribution in [2.75, 3.05) is 31.1 Å². The molecule has 204 valence electrons. The monoisotopic (exact) mass is 568 g/mol. The van der Waals surface area contributed by atoms with Crippen LogP contribution < -0.4 is 4.74 Å². The Bertz CT molecular complexity index is 1080. The number of carbonyl (C=O) groups excluding carboxylic acids is 2. The van der Waals surface area contributed by atoms with Crippen molar-refractivity contribution in [3.05, 3.63) is 58.1 Å². The van der Waals surface area contributed by atoms with E-state index in [1.807, 2.05) is 38.1 Å². The first-order valence-corrected chi connectivity index (χ1v) is 15.8. The average Bonchev–Trinajstić information content (AvgIpc) is 2.81. The van der Waals surface area contributed by atoms with Gasteiger partial charge in [0.25, 0.3) is 0 Å². The molecule has 2 aromatic rings. The molecule has 0 saturated heterocycles. The maximum absolute atomic E-state index is 13.3. The predicted molar refractivity (Wildman–Crippen MR) is 152 cm³/mol. The fourth-order valence-corrected chi connectivity index (χ4v) is 6.11. The molecule has 0 aliphatic rings. The summed E-state index contributed by atoms with van der Waals surface area (Å²) in [5.74, 6) is 1.79. The number of hydrogen-bond acceptors (Lipinski definition) is 9. The van der Waals surface area contributed by atoms with E-state index >= 15 is 0 Å². The molecule has 0 aliphatic heterocycles. The van der Waals surface area contributed by atoms with Crippen molar-refractivity contribution >= 4 is 41.4 Å². The third kappa shape index (κ3) is 10.9. The molecule has 2 rings (SSSR count). The summed E-state index contributed by atoms with van der Waals surface area (Å²) < 4.78 is 30.2. The van der Waals surface area contributed by atoms with Crippen molar-refractivity contribution in [3.8, 4) is 11.5 Å². The summed E-state index contributed by atoms with van der Waals surface area (Å²) in [7, 11) is -3.62. The summed E-state index contributed by atoms with van der Waals surface area (Å²) in [4.78, 5) is 22.3. The van der Waals surface area contributed by atoms with Crippen molar-refractivity contribution in [3.63, 3.8) is 0 Å². The standard InChI is InChI=1S/C27H37O7PS2/c1-18(2)25-15-23(7-8-27(25)30)16-26-19(3)13-24(14-20(26)4)32-17-35(31,33-9-11-36-21(5)28)34-10-12-37-22(6)29/h7-8,13-15,18,30H,9-12,16-17H2,1-6H3. The molecule has 37 heavy (non-hydrogen) atoms. The molecule has 0 radical (unpaired) electrons. The minimum absolute atomic E-state index is 0.0489. The van der Waals surface area contributed by atoms with E-state index < -0.39 is 7.60 Å². The van der Waals surface area contributed by atoms with Gasteiger partial charge in [-0.1, -0.05) is 49.5 Å².